The second-order valence-corrected chi connectivity index (χ2v) is 14.3. The van der Waals surface area contributed by atoms with Crippen molar-refractivity contribution in [3.8, 4) is 5.75 Å². The van der Waals surface area contributed by atoms with Crippen LogP contribution in [0.4, 0.5) is 5.69 Å². The van der Waals surface area contributed by atoms with Gasteiger partial charge in [0.2, 0.25) is 0 Å². The molecule has 1 saturated heterocycles. The van der Waals surface area contributed by atoms with Crippen molar-refractivity contribution in [1.29, 1.82) is 0 Å². The summed E-state index contributed by atoms with van der Waals surface area (Å²) in [4.78, 5) is 29.9. The highest BCUT2D eigenvalue weighted by Gasteiger charge is 2.31. The Hall–Kier alpha value is -3.85. The molecule has 1 fully saturated rings. The summed E-state index contributed by atoms with van der Waals surface area (Å²) in [6.45, 7) is 16.9. The van der Waals surface area contributed by atoms with E-state index in [1.54, 1.807) is 40.1 Å². The summed E-state index contributed by atoms with van der Waals surface area (Å²) in [5, 5.41) is 0. The molecule has 0 bridgehead atoms. The number of carbonyl (C=O) groups is 2. The van der Waals surface area contributed by atoms with Crippen LogP contribution in [0.3, 0.4) is 0 Å². The average molecular weight is 606 g/mol. The smallest absolute Gasteiger partial charge is 0.262 e. The fourth-order valence-corrected chi connectivity index (χ4v) is 6.74. The molecule has 0 aromatic heterocycles. The number of amides is 2. The number of anilines is 1. The van der Waals surface area contributed by atoms with Crippen molar-refractivity contribution in [3.63, 3.8) is 0 Å². The lowest BCUT2D eigenvalue weighted by atomic mass is 9.85. The van der Waals surface area contributed by atoms with Gasteiger partial charge in [0.25, 0.3) is 21.8 Å². The molecular formula is C34H43N3O5S. The molecule has 1 aliphatic rings. The van der Waals surface area contributed by atoms with Gasteiger partial charge in [-0.2, -0.15) is 0 Å². The third kappa shape index (κ3) is 7.57. The predicted molar refractivity (Wildman–Crippen MR) is 170 cm³/mol. The Kier molecular flexibility index (Phi) is 9.25. The standard InChI is InChI=1S/C34H43N3O5S/c1-22-15-23(2)17-30(16-22)42-21-32(38)36-13-14-37(25(4)20-36)33(39)27-9-11-29(12-10-27)35-43(40,41)31-19-28(34(6,7)8)18-24(3)26(31)5/h9-12,15-19,25,35H,13-14,20-21H2,1-8H3/t25-/m1/s1. The summed E-state index contributed by atoms with van der Waals surface area (Å²) in [6, 6.07) is 15.9. The molecule has 4 rings (SSSR count). The van der Waals surface area contributed by atoms with E-state index in [4.69, 9.17) is 4.74 Å². The van der Waals surface area contributed by atoms with E-state index in [2.05, 4.69) is 25.5 Å². The number of rotatable bonds is 7. The van der Waals surface area contributed by atoms with E-state index in [1.165, 1.54) is 0 Å². The molecule has 0 spiro atoms. The van der Waals surface area contributed by atoms with Crippen LogP contribution in [0.15, 0.2) is 59.5 Å². The molecule has 1 atom stereocenters. The van der Waals surface area contributed by atoms with E-state index in [0.717, 1.165) is 22.3 Å². The highest BCUT2D eigenvalue weighted by Crippen LogP contribution is 2.30. The predicted octanol–water partition coefficient (Wildman–Crippen LogP) is 5.77. The Morgan fingerprint density at radius 1 is 0.930 bits per heavy atom. The SMILES string of the molecule is Cc1cc(C)cc(OCC(=O)N2CCN(C(=O)c3ccc(NS(=O)(=O)c4cc(C(C)(C)C)cc(C)c4C)cc3)[C@H](C)C2)c1. The summed E-state index contributed by atoms with van der Waals surface area (Å²) in [6.07, 6.45) is 0. The second-order valence-electron chi connectivity index (χ2n) is 12.6. The van der Waals surface area contributed by atoms with Crippen molar-refractivity contribution >= 4 is 27.5 Å². The first kappa shape index (κ1) is 32.1. The molecule has 0 saturated carbocycles. The number of carbonyl (C=O) groups excluding carboxylic acids is 2. The van der Waals surface area contributed by atoms with Gasteiger partial charge in [-0.25, -0.2) is 8.42 Å². The zero-order chi connectivity index (χ0) is 31.7. The number of piperazine rings is 1. The van der Waals surface area contributed by atoms with Crippen LogP contribution in [0, 0.1) is 27.7 Å². The third-order valence-electron chi connectivity index (χ3n) is 7.96. The van der Waals surface area contributed by atoms with Crippen molar-refractivity contribution < 1.29 is 22.7 Å². The lowest BCUT2D eigenvalue weighted by molar-refractivity contribution is -0.135. The molecule has 230 valence electrons. The Morgan fingerprint density at radius 3 is 2.14 bits per heavy atom. The Bertz CT molecular complexity index is 1600. The molecule has 1 aliphatic heterocycles. The molecule has 3 aromatic rings. The second kappa shape index (κ2) is 12.4. The number of hydrogen-bond acceptors (Lipinski definition) is 5. The topological polar surface area (TPSA) is 96.0 Å². The van der Waals surface area contributed by atoms with Crippen molar-refractivity contribution in [2.75, 3.05) is 31.0 Å². The van der Waals surface area contributed by atoms with Gasteiger partial charge in [-0.3, -0.25) is 14.3 Å². The first-order chi connectivity index (χ1) is 20.0. The summed E-state index contributed by atoms with van der Waals surface area (Å²) in [5.41, 5.74) is 5.34. The van der Waals surface area contributed by atoms with Crippen LogP contribution < -0.4 is 9.46 Å². The molecule has 0 unspecified atom stereocenters. The minimum absolute atomic E-state index is 0.0550. The van der Waals surface area contributed by atoms with E-state index in [1.807, 2.05) is 58.9 Å². The zero-order valence-corrected chi connectivity index (χ0v) is 27.3. The third-order valence-corrected chi connectivity index (χ3v) is 9.47. The monoisotopic (exact) mass is 605 g/mol. The van der Waals surface area contributed by atoms with Gasteiger partial charge in [-0.15, -0.1) is 0 Å². The molecule has 2 amide bonds. The Morgan fingerprint density at radius 2 is 1.56 bits per heavy atom. The van der Waals surface area contributed by atoms with E-state index in [9.17, 15) is 18.0 Å². The van der Waals surface area contributed by atoms with Crippen LogP contribution in [-0.2, 0) is 20.2 Å². The number of nitrogens with zero attached hydrogens (tertiary/aromatic N) is 2. The molecule has 1 N–H and O–H groups in total. The number of benzene rings is 3. The number of ether oxygens (including phenoxy) is 1. The summed E-state index contributed by atoms with van der Waals surface area (Å²) >= 11 is 0. The van der Waals surface area contributed by atoms with Crippen molar-refractivity contribution in [2.24, 2.45) is 0 Å². The first-order valence-corrected chi connectivity index (χ1v) is 16.1. The van der Waals surface area contributed by atoms with E-state index < -0.39 is 10.0 Å². The molecule has 1 heterocycles. The highest BCUT2D eigenvalue weighted by molar-refractivity contribution is 7.92. The molecule has 0 aliphatic carbocycles. The zero-order valence-electron chi connectivity index (χ0n) is 26.4. The van der Waals surface area contributed by atoms with Gasteiger partial charge in [0, 0.05) is 36.9 Å². The van der Waals surface area contributed by atoms with Crippen LogP contribution in [0.2, 0.25) is 0 Å². The van der Waals surface area contributed by atoms with E-state index in [-0.39, 0.29) is 34.8 Å². The lowest BCUT2D eigenvalue weighted by Crippen LogP contribution is -2.56. The van der Waals surface area contributed by atoms with Crippen LogP contribution in [0.5, 0.6) is 5.75 Å². The van der Waals surface area contributed by atoms with Crippen molar-refractivity contribution in [2.45, 2.75) is 71.7 Å². The van der Waals surface area contributed by atoms with Crippen LogP contribution in [0.1, 0.15) is 65.9 Å². The van der Waals surface area contributed by atoms with Gasteiger partial charge in [0.05, 0.1) is 4.90 Å². The first-order valence-electron chi connectivity index (χ1n) is 14.6. The maximum absolute atomic E-state index is 13.4. The van der Waals surface area contributed by atoms with Gasteiger partial charge in [-0.1, -0.05) is 32.9 Å². The maximum Gasteiger partial charge on any atom is 0.262 e. The lowest BCUT2D eigenvalue weighted by Gasteiger charge is -2.39. The van der Waals surface area contributed by atoms with Gasteiger partial charge < -0.3 is 14.5 Å². The Balaban J connectivity index is 1.38. The number of hydrogen-bond donors (Lipinski definition) is 1. The summed E-state index contributed by atoms with van der Waals surface area (Å²) in [5.74, 6) is 0.389. The summed E-state index contributed by atoms with van der Waals surface area (Å²) in [7, 11) is -3.85. The number of nitrogens with one attached hydrogen (secondary N) is 1. The fraction of sp³-hybridized carbons (Fsp3) is 0.412. The summed E-state index contributed by atoms with van der Waals surface area (Å²) < 4.78 is 35.2. The minimum Gasteiger partial charge on any atom is -0.484 e. The van der Waals surface area contributed by atoms with E-state index in [0.29, 0.717) is 42.2 Å². The largest absolute Gasteiger partial charge is 0.484 e. The minimum atomic E-state index is -3.85. The molecular weight excluding hydrogens is 562 g/mol. The molecule has 0 radical (unpaired) electrons. The molecule has 43 heavy (non-hydrogen) atoms. The maximum atomic E-state index is 13.4. The van der Waals surface area contributed by atoms with Crippen LogP contribution >= 0.6 is 0 Å². The van der Waals surface area contributed by atoms with Gasteiger partial charge in [0.1, 0.15) is 5.75 Å². The highest BCUT2D eigenvalue weighted by atomic mass is 32.2. The normalized spacial score (nSPS) is 15.8. The van der Waals surface area contributed by atoms with Gasteiger partial charge in [0.15, 0.2) is 6.61 Å². The molecule has 9 heteroatoms. The van der Waals surface area contributed by atoms with Crippen molar-refractivity contribution in [3.05, 3.63) is 88.0 Å². The van der Waals surface area contributed by atoms with E-state index >= 15 is 0 Å². The quantitative estimate of drug-likeness (QED) is 0.369. The Labute approximate surface area is 256 Å². The van der Waals surface area contributed by atoms with Crippen LogP contribution in [0.25, 0.3) is 0 Å². The average Bonchev–Trinajstić information content (AvgIpc) is 2.91. The van der Waals surface area contributed by atoms with Gasteiger partial charge >= 0.3 is 0 Å². The van der Waals surface area contributed by atoms with Crippen LogP contribution in [-0.4, -0.2) is 62.3 Å². The number of aryl methyl sites for hydroxylation is 3. The molecule has 8 nitrogen and oxygen atoms in total. The fourth-order valence-electron chi connectivity index (χ4n) is 5.33. The van der Waals surface area contributed by atoms with Gasteiger partial charge in [-0.05, 0) is 110 Å². The molecule has 3 aromatic carbocycles. The number of sulfonamides is 1. The van der Waals surface area contributed by atoms with Crippen molar-refractivity contribution in [1.82, 2.24) is 9.80 Å².